The lowest BCUT2D eigenvalue weighted by Crippen LogP contribution is -2.31. The van der Waals surface area contributed by atoms with Gasteiger partial charge in [0.15, 0.2) is 0 Å². The number of aliphatic hydroxyl groups excluding tert-OH is 1. The Morgan fingerprint density at radius 2 is 1.92 bits per heavy atom. The summed E-state index contributed by atoms with van der Waals surface area (Å²) in [6.07, 6.45) is 17.2. The van der Waals surface area contributed by atoms with E-state index in [9.17, 15) is 9.90 Å². The van der Waals surface area contributed by atoms with E-state index in [0.717, 1.165) is 32.1 Å². The molecule has 2 aliphatic rings. The van der Waals surface area contributed by atoms with Gasteiger partial charge in [-0.2, -0.15) is 0 Å². The van der Waals surface area contributed by atoms with Crippen LogP contribution in [-0.4, -0.2) is 28.7 Å². The maximum absolute atomic E-state index is 12.1. The molecule has 0 unspecified atom stereocenters. The van der Waals surface area contributed by atoms with Crippen molar-refractivity contribution < 1.29 is 14.6 Å². The summed E-state index contributed by atoms with van der Waals surface area (Å²) in [4.78, 5) is 12.1. The third-order valence-corrected chi connectivity index (χ3v) is 5.34. The molecule has 24 heavy (non-hydrogen) atoms. The highest BCUT2D eigenvalue weighted by Crippen LogP contribution is 2.40. The Morgan fingerprint density at radius 1 is 1.21 bits per heavy atom. The molecule has 4 heteroatoms. The molecular formula is C20H29ClO3. The monoisotopic (exact) mass is 352 g/mol. The van der Waals surface area contributed by atoms with Crippen LogP contribution in [0, 0.1) is 11.8 Å². The number of halogens is 1. The summed E-state index contributed by atoms with van der Waals surface area (Å²) in [5.41, 5.74) is 0. The second-order valence-corrected chi connectivity index (χ2v) is 7.22. The van der Waals surface area contributed by atoms with Crippen molar-refractivity contribution >= 4 is 17.6 Å². The van der Waals surface area contributed by atoms with Gasteiger partial charge in [0.25, 0.3) is 0 Å². The van der Waals surface area contributed by atoms with Gasteiger partial charge in [-0.1, -0.05) is 43.4 Å². The molecule has 0 aromatic rings. The number of rotatable bonds is 1. The first kappa shape index (κ1) is 19.3. The van der Waals surface area contributed by atoms with Crippen LogP contribution < -0.4 is 0 Å². The fraction of sp³-hybridized carbons (Fsp3) is 0.650. The van der Waals surface area contributed by atoms with Crippen LogP contribution in [0.3, 0.4) is 0 Å². The average molecular weight is 353 g/mol. The molecule has 0 amide bonds. The third kappa shape index (κ3) is 5.49. The predicted molar refractivity (Wildman–Crippen MR) is 97.9 cm³/mol. The van der Waals surface area contributed by atoms with Gasteiger partial charge in [0.1, 0.15) is 6.10 Å². The Hall–Kier alpha value is -1.06. The lowest BCUT2D eigenvalue weighted by molar-refractivity contribution is -0.153. The van der Waals surface area contributed by atoms with Crippen LogP contribution in [-0.2, 0) is 9.53 Å². The van der Waals surface area contributed by atoms with E-state index < -0.39 is 6.10 Å². The third-order valence-electron chi connectivity index (χ3n) is 4.91. The summed E-state index contributed by atoms with van der Waals surface area (Å²) in [7, 11) is 0. The van der Waals surface area contributed by atoms with Gasteiger partial charge in [0.05, 0.1) is 11.5 Å². The first-order chi connectivity index (χ1) is 11.6. The molecule has 1 heterocycles. The maximum atomic E-state index is 12.1. The zero-order valence-electron chi connectivity index (χ0n) is 14.4. The quantitative estimate of drug-likeness (QED) is 0.428. The number of hydrogen-bond donors (Lipinski definition) is 1. The van der Waals surface area contributed by atoms with Gasteiger partial charge < -0.3 is 9.84 Å². The number of aliphatic hydroxyl groups is 1. The number of allylic oxidation sites excluding steroid dienone is 5. The van der Waals surface area contributed by atoms with Crippen LogP contribution in [0.25, 0.3) is 0 Å². The van der Waals surface area contributed by atoms with E-state index in [1.807, 2.05) is 6.92 Å². The number of alkyl halides is 1. The minimum absolute atomic E-state index is 0.0496. The zero-order valence-corrected chi connectivity index (χ0v) is 15.2. The molecule has 3 nitrogen and oxygen atoms in total. The summed E-state index contributed by atoms with van der Waals surface area (Å²) < 4.78 is 5.73. The van der Waals surface area contributed by atoms with Crippen LogP contribution >= 0.6 is 11.6 Å². The fourth-order valence-electron chi connectivity index (χ4n) is 3.57. The van der Waals surface area contributed by atoms with Crippen LogP contribution in [0.4, 0.5) is 0 Å². The number of carbonyl (C=O) groups excluding carboxylic acids is 1. The van der Waals surface area contributed by atoms with E-state index >= 15 is 0 Å². The van der Waals surface area contributed by atoms with Crippen molar-refractivity contribution in [3.8, 4) is 0 Å². The average Bonchev–Trinajstić information content (AvgIpc) is 2.84. The van der Waals surface area contributed by atoms with Gasteiger partial charge in [0, 0.05) is 18.3 Å². The van der Waals surface area contributed by atoms with Crippen molar-refractivity contribution in [1.82, 2.24) is 0 Å². The molecule has 1 aliphatic carbocycles. The second-order valence-electron chi connectivity index (χ2n) is 6.65. The highest BCUT2D eigenvalue weighted by Gasteiger charge is 2.44. The van der Waals surface area contributed by atoms with Gasteiger partial charge in [-0.15, -0.1) is 11.6 Å². The molecule has 0 radical (unpaired) electrons. The minimum Gasteiger partial charge on any atom is -0.462 e. The molecule has 1 fully saturated rings. The largest absolute Gasteiger partial charge is 0.462 e. The van der Waals surface area contributed by atoms with Crippen molar-refractivity contribution in [2.75, 3.05) is 0 Å². The topological polar surface area (TPSA) is 46.5 Å². The normalized spacial score (nSPS) is 39.6. The van der Waals surface area contributed by atoms with E-state index in [4.69, 9.17) is 16.3 Å². The van der Waals surface area contributed by atoms with Gasteiger partial charge >= 0.3 is 5.97 Å². The van der Waals surface area contributed by atoms with Gasteiger partial charge in [0.2, 0.25) is 0 Å². The van der Waals surface area contributed by atoms with Crippen molar-refractivity contribution in [3.05, 3.63) is 36.5 Å². The molecular weight excluding hydrogens is 324 g/mol. The molecule has 1 aliphatic heterocycles. The molecule has 0 aromatic carbocycles. The number of hydrogen-bond acceptors (Lipinski definition) is 3. The van der Waals surface area contributed by atoms with Crippen molar-refractivity contribution in [1.29, 1.82) is 0 Å². The molecule has 1 N–H and O–H groups in total. The van der Waals surface area contributed by atoms with Crippen LogP contribution in [0.2, 0.25) is 0 Å². The summed E-state index contributed by atoms with van der Waals surface area (Å²) in [5, 5.41) is 10.1. The number of fused-ring (bicyclic) bond motifs is 1. The van der Waals surface area contributed by atoms with Gasteiger partial charge in [-0.25, -0.2) is 0 Å². The molecule has 0 bridgehead atoms. The molecule has 1 saturated carbocycles. The maximum Gasteiger partial charge on any atom is 0.306 e. The van der Waals surface area contributed by atoms with E-state index in [2.05, 4.69) is 36.5 Å². The Bertz CT molecular complexity index is 483. The zero-order chi connectivity index (χ0) is 17.4. The number of carbonyl (C=O) groups is 1. The lowest BCUT2D eigenvalue weighted by Gasteiger charge is -2.27. The van der Waals surface area contributed by atoms with Crippen LogP contribution in [0.1, 0.15) is 51.9 Å². The summed E-state index contributed by atoms with van der Waals surface area (Å²) in [6, 6.07) is 0. The second kappa shape index (κ2) is 10.0. The van der Waals surface area contributed by atoms with Crippen molar-refractivity contribution in [2.45, 2.75) is 69.5 Å². The molecule has 5 atom stereocenters. The highest BCUT2D eigenvalue weighted by atomic mass is 35.5. The lowest BCUT2D eigenvalue weighted by atomic mass is 9.88. The molecule has 0 aromatic heterocycles. The standard InChI is InChI=1S/C20H29ClO3/c1-2-18-16-14-17(21)20(23)15(16)12-10-8-6-4-3-5-7-9-11-13-19(22)24-18/h4-7,10,12,15-18,20,23H,2-3,8-9,11,13-14H2,1H3/b6-4-,7-5-,12-10-/t15-,16+,17+,18-,20+/m0/s1. The number of esters is 1. The smallest absolute Gasteiger partial charge is 0.306 e. The molecule has 2 rings (SSSR count). The Morgan fingerprint density at radius 3 is 2.67 bits per heavy atom. The molecule has 134 valence electrons. The van der Waals surface area contributed by atoms with Gasteiger partial charge in [-0.05, 0) is 38.5 Å². The predicted octanol–water partition coefficient (Wildman–Crippen LogP) is 4.55. The minimum atomic E-state index is -0.577. The number of cyclic esters (lactones) is 1. The number of ether oxygens (including phenoxy) is 1. The SMILES string of the molecule is CC[C@@H]1OC(=O)CCC/C=C\C/C=C\C/C=C\[C@@H]2[C@@H](O)[C@H](Cl)C[C@H]21. The Balaban J connectivity index is 2.14. The molecule has 0 saturated heterocycles. The summed E-state index contributed by atoms with van der Waals surface area (Å²) in [5.74, 6) is -0.103. The fourth-order valence-corrected chi connectivity index (χ4v) is 3.95. The Labute approximate surface area is 150 Å². The first-order valence-electron chi connectivity index (χ1n) is 9.11. The van der Waals surface area contributed by atoms with Crippen LogP contribution in [0.5, 0.6) is 0 Å². The highest BCUT2D eigenvalue weighted by molar-refractivity contribution is 6.21. The van der Waals surface area contributed by atoms with E-state index in [-0.39, 0.29) is 29.3 Å². The van der Waals surface area contributed by atoms with E-state index in [1.54, 1.807) is 0 Å². The van der Waals surface area contributed by atoms with Crippen molar-refractivity contribution in [3.63, 3.8) is 0 Å². The summed E-state index contributed by atoms with van der Waals surface area (Å²) in [6.45, 7) is 2.02. The first-order valence-corrected chi connectivity index (χ1v) is 9.55. The summed E-state index contributed by atoms with van der Waals surface area (Å²) >= 11 is 6.30. The van der Waals surface area contributed by atoms with Gasteiger partial charge in [-0.3, -0.25) is 4.79 Å². The van der Waals surface area contributed by atoms with Crippen LogP contribution in [0.15, 0.2) is 36.5 Å². The Kier molecular flexibility index (Phi) is 8.07. The van der Waals surface area contributed by atoms with Crippen molar-refractivity contribution in [2.24, 2.45) is 11.8 Å². The van der Waals surface area contributed by atoms with E-state index in [0.29, 0.717) is 12.8 Å². The molecule has 0 spiro atoms. The van der Waals surface area contributed by atoms with E-state index in [1.165, 1.54) is 0 Å².